The van der Waals surface area contributed by atoms with E-state index in [2.05, 4.69) is 30.1 Å². The molecule has 2 aliphatic heterocycles. The van der Waals surface area contributed by atoms with Crippen molar-refractivity contribution in [1.29, 1.82) is 0 Å². The third-order valence-corrected chi connectivity index (χ3v) is 5.41. The predicted octanol–water partition coefficient (Wildman–Crippen LogP) is 2.00. The van der Waals surface area contributed by atoms with Gasteiger partial charge in [-0.05, 0) is 37.8 Å². The number of piperidine rings is 1. The first kappa shape index (κ1) is 17.7. The van der Waals surface area contributed by atoms with Gasteiger partial charge in [0.15, 0.2) is 0 Å². The zero-order chi connectivity index (χ0) is 18.5. The van der Waals surface area contributed by atoms with Crippen molar-refractivity contribution < 1.29 is 4.79 Å². The topological polar surface area (TPSA) is 74.2 Å². The maximum atomic E-state index is 12.4. The average molecular weight is 366 g/mol. The minimum absolute atomic E-state index is 0.0646. The molecule has 0 atom stereocenters. The Hall–Kier alpha value is -2.70. The minimum Gasteiger partial charge on any atom is -0.369 e. The van der Waals surface area contributed by atoms with Crippen molar-refractivity contribution in [3.05, 3.63) is 42.5 Å². The SMILES string of the molecule is O=C(NCc1ccccn1)C1CCN(c2cnc(N3CCCC3)nc2)CC1. The Balaban J connectivity index is 1.26. The first-order valence-corrected chi connectivity index (χ1v) is 9.79. The summed E-state index contributed by atoms with van der Waals surface area (Å²) < 4.78 is 0. The predicted molar refractivity (Wildman–Crippen MR) is 104 cm³/mol. The molecule has 0 bridgehead atoms. The van der Waals surface area contributed by atoms with Crippen LogP contribution in [0.5, 0.6) is 0 Å². The molecule has 0 unspecified atom stereocenters. The number of nitrogens with one attached hydrogen (secondary N) is 1. The van der Waals surface area contributed by atoms with E-state index < -0.39 is 0 Å². The second-order valence-electron chi connectivity index (χ2n) is 7.24. The van der Waals surface area contributed by atoms with Gasteiger partial charge in [-0.25, -0.2) is 9.97 Å². The van der Waals surface area contributed by atoms with Gasteiger partial charge >= 0.3 is 0 Å². The molecule has 2 saturated heterocycles. The van der Waals surface area contributed by atoms with Crippen molar-refractivity contribution in [2.45, 2.75) is 32.2 Å². The molecule has 7 nitrogen and oxygen atoms in total. The molecule has 2 aliphatic rings. The molecule has 142 valence electrons. The lowest BCUT2D eigenvalue weighted by Crippen LogP contribution is -2.40. The molecular formula is C20H26N6O. The number of hydrogen-bond donors (Lipinski definition) is 1. The fraction of sp³-hybridized carbons (Fsp3) is 0.500. The van der Waals surface area contributed by atoms with Gasteiger partial charge in [-0.1, -0.05) is 6.07 Å². The van der Waals surface area contributed by atoms with Crippen molar-refractivity contribution in [1.82, 2.24) is 20.3 Å². The van der Waals surface area contributed by atoms with Gasteiger partial charge in [0.2, 0.25) is 11.9 Å². The van der Waals surface area contributed by atoms with Crippen LogP contribution in [0.1, 0.15) is 31.4 Å². The molecule has 2 aromatic heterocycles. The van der Waals surface area contributed by atoms with Gasteiger partial charge in [0.05, 0.1) is 30.3 Å². The van der Waals surface area contributed by atoms with E-state index in [1.807, 2.05) is 30.6 Å². The molecule has 0 spiro atoms. The van der Waals surface area contributed by atoms with Crippen molar-refractivity contribution in [2.75, 3.05) is 36.0 Å². The van der Waals surface area contributed by atoms with Crippen LogP contribution in [0.25, 0.3) is 0 Å². The zero-order valence-electron chi connectivity index (χ0n) is 15.5. The molecule has 0 radical (unpaired) electrons. The summed E-state index contributed by atoms with van der Waals surface area (Å²) in [5.41, 5.74) is 1.93. The van der Waals surface area contributed by atoms with Crippen LogP contribution in [0, 0.1) is 5.92 Å². The van der Waals surface area contributed by atoms with Crippen molar-refractivity contribution >= 4 is 17.5 Å². The second-order valence-corrected chi connectivity index (χ2v) is 7.24. The average Bonchev–Trinajstić information content (AvgIpc) is 3.28. The van der Waals surface area contributed by atoms with Gasteiger partial charge in [0.1, 0.15) is 0 Å². The summed E-state index contributed by atoms with van der Waals surface area (Å²) in [5, 5.41) is 3.01. The Morgan fingerprint density at radius 1 is 1.00 bits per heavy atom. The van der Waals surface area contributed by atoms with Gasteiger partial charge in [-0.15, -0.1) is 0 Å². The van der Waals surface area contributed by atoms with Crippen LogP contribution in [-0.2, 0) is 11.3 Å². The van der Waals surface area contributed by atoms with Crippen LogP contribution in [-0.4, -0.2) is 47.0 Å². The number of hydrogen-bond acceptors (Lipinski definition) is 6. The number of nitrogens with zero attached hydrogens (tertiary/aromatic N) is 5. The highest BCUT2D eigenvalue weighted by Gasteiger charge is 2.25. The summed E-state index contributed by atoms with van der Waals surface area (Å²) in [6.45, 7) is 4.31. The lowest BCUT2D eigenvalue weighted by molar-refractivity contribution is -0.125. The second kappa shape index (κ2) is 8.33. The number of aromatic nitrogens is 3. The summed E-state index contributed by atoms with van der Waals surface area (Å²) in [7, 11) is 0. The molecule has 0 aliphatic carbocycles. The quantitative estimate of drug-likeness (QED) is 0.873. The number of rotatable bonds is 5. The van der Waals surface area contributed by atoms with Gasteiger partial charge in [-0.2, -0.15) is 0 Å². The van der Waals surface area contributed by atoms with E-state index in [-0.39, 0.29) is 11.8 Å². The summed E-state index contributed by atoms with van der Waals surface area (Å²) in [4.78, 5) is 30.3. The van der Waals surface area contributed by atoms with Crippen LogP contribution in [0.3, 0.4) is 0 Å². The number of pyridine rings is 1. The minimum atomic E-state index is 0.0646. The van der Waals surface area contributed by atoms with E-state index in [1.165, 1.54) is 12.8 Å². The van der Waals surface area contributed by atoms with Gasteiger partial charge < -0.3 is 15.1 Å². The highest BCUT2D eigenvalue weighted by atomic mass is 16.1. The first-order chi connectivity index (χ1) is 13.3. The van der Waals surface area contributed by atoms with Crippen LogP contribution < -0.4 is 15.1 Å². The standard InChI is InChI=1S/C20H26N6O/c27-19(22-13-17-5-1-2-8-21-17)16-6-11-25(12-7-16)18-14-23-20(24-15-18)26-9-3-4-10-26/h1-2,5,8,14-16H,3-4,6-7,9-13H2,(H,22,27). The molecule has 4 heterocycles. The molecule has 4 rings (SSSR count). The zero-order valence-corrected chi connectivity index (χ0v) is 15.5. The highest BCUT2D eigenvalue weighted by Crippen LogP contribution is 2.24. The molecule has 0 saturated carbocycles. The van der Waals surface area contributed by atoms with E-state index >= 15 is 0 Å². The molecule has 2 aromatic rings. The van der Waals surface area contributed by atoms with E-state index in [9.17, 15) is 4.79 Å². The van der Waals surface area contributed by atoms with E-state index in [0.717, 1.165) is 56.4 Å². The van der Waals surface area contributed by atoms with E-state index in [1.54, 1.807) is 6.20 Å². The normalized spacial score (nSPS) is 17.9. The largest absolute Gasteiger partial charge is 0.369 e. The molecule has 0 aromatic carbocycles. The van der Waals surface area contributed by atoms with Gasteiger partial charge in [-0.3, -0.25) is 9.78 Å². The first-order valence-electron chi connectivity index (χ1n) is 9.79. The van der Waals surface area contributed by atoms with Gasteiger partial charge in [0, 0.05) is 38.3 Å². The number of carbonyl (C=O) groups is 1. The van der Waals surface area contributed by atoms with Crippen LogP contribution in [0.4, 0.5) is 11.6 Å². The van der Waals surface area contributed by atoms with Crippen LogP contribution in [0.2, 0.25) is 0 Å². The van der Waals surface area contributed by atoms with E-state index in [4.69, 9.17) is 0 Å². The van der Waals surface area contributed by atoms with Crippen molar-refractivity contribution in [2.24, 2.45) is 5.92 Å². The summed E-state index contributed by atoms with van der Waals surface area (Å²) >= 11 is 0. The monoisotopic (exact) mass is 366 g/mol. The Morgan fingerprint density at radius 2 is 1.74 bits per heavy atom. The lowest BCUT2D eigenvalue weighted by atomic mass is 9.95. The van der Waals surface area contributed by atoms with Crippen molar-refractivity contribution in [3.8, 4) is 0 Å². The van der Waals surface area contributed by atoms with Gasteiger partial charge in [0.25, 0.3) is 0 Å². The van der Waals surface area contributed by atoms with Crippen LogP contribution >= 0.6 is 0 Å². The molecule has 27 heavy (non-hydrogen) atoms. The molecular weight excluding hydrogens is 340 g/mol. The lowest BCUT2D eigenvalue weighted by Gasteiger charge is -2.32. The fourth-order valence-electron chi connectivity index (χ4n) is 3.78. The summed E-state index contributed by atoms with van der Waals surface area (Å²) in [6, 6.07) is 5.74. The van der Waals surface area contributed by atoms with Crippen LogP contribution in [0.15, 0.2) is 36.8 Å². The third kappa shape index (κ3) is 4.35. The summed E-state index contributed by atoms with van der Waals surface area (Å²) in [5.74, 6) is 1.02. The Morgan fingerprint density at radius 3 is 2.41 bits per heavy atom. The number of anilines is 2. The molecule has 2 fully saturated rings. The Kier molecular flexibility index (Phi) is 5.46. The maximum absolute atomic E-state index is 12.4. The third-order valence-electron chi connectivity index (χ3n) is 5.41. The Bertz CT molecular complexity index is 737. The highest BCUT2D eigenvalue weighted by molar-refractivity contribution is 5.78. The summed E-state index contributed by atoms with van der Waals surface area (Å²) in [6.07, 6.45) is 9.73. The van der Waals surface area contributed by atoms with Crippen molar-refractivity contribution in [3.63, 3.8) is 0 Å². The number of carbonyl (C=O) groups excluding carboxylic acids is 1. The molecule has 7 heteroatoms. The molecule has 1 amide bonds. The Labute approximate surface area is 159 Å². The molecule has 1 N–H and O–H groups in total. The number of amides is 1. The smallest absolute Gasteiger partial charge is 0.225 e. The van der Waals surface area contributed by atoms with E-state index in [0.29, 0.717) is 6.54 Å². The fourth-order valence-corrected chi connectivity index (χ4v) is 3.78. The maximum Gasteiger partial charge on any atom is 0.225 e.